The zero-order valence-corrected chi connectivity index (χ0v) is 16.0. The highest BCUT2D eigenvalue weighted by molar-refractivity contribution is 5.93. The molecular formula is C21H32N2O2. The van der Waals surface area contributed by atoms with E-state index in [9.17, 15) is 9.59 Å². The van der Waals surface area contributed by atoms with Crippen molar-refractivity contribution in [2.75, 3.05) is 11.9 Å². The van der Waals surface area contributed by atoms with Crippen molar-refractivity contribution in [2.45, 2.75) is 59.3 Å². The Morgan fingerprint density at radius 2 is 1.52 bits per heavy atom. The Kier molecular flexibility index (Phi) is 7.03. The van der Waals surface area contributed by atoms with Crippen molar-refractivity contribution in [3.05, 3.63) is 29.8 Å². The van der Waals surface area contributed by atoms with Crippen molar-refractivity contribution in [1.82, 2.24) is 5.32 Å². The molecule has 1 aromatic carbocycles. The molecule has 1 aliphatic carbocycles. The van der Waals surface area contributed by atoms with Crippen LogP contribution in [0.4, 0.5) is 5.69 Å². The van der Waals surface area contributed by atoms with Crippen LogP contribution in [0.15, 0.2) is 24.3 Å². The Morgan fingerprint density at radius 3 is 2.08 bits per heavy atom. The van der Waals surface area contributed by atoms with Crippen molar-refractivity contribution in [2.24, 2.45) is 17.8 Å². The molecule has 2 rings (SSSR count). The second-order valence-corrected chi connectivity index (χ2v) is 7.92. The second kappa shape index (κ2) is 9.02. The molecule has 0 spiro atoms. The number of hydrogen-bond donors (Lipinski definition) is 2. The maximum absolute atomic E-state index is 12.6. The van der Waals surface area contributed by atoms with Gasteiger partial charge in [-0.05, 0) is 49.1 Å². The van der Waals surface area contributed by atoms with Crippen molar-refractivity contribution in [1.29, 1.82) is 0 Å². The molecule has 0 saturated heterocycles. The lowest BCUT2D eigenvalue weighted by atomic mass is 9.81. The van der Waals surface area contributed by atoms with E-state index >= 15 is 0 Å². The summed E-state index contributed by atoms with van der Waals surface area (Å²) >= 11 is 0. The molecule has 1 saturated carbocycles. The summed E-state index contributed by atoms with van der Waals surface area (Å²) in [5.41, 5.74) is 2.08. The molecule has 1 fully saturated rings. The minimum absolute atomic E-state index is 0.00867. The minimum atomic E-state index is 0.00867. The second-order valence-electron chi connectivity index (χ2n) is 7.92. The third-order valence-corrected chi connectivity index (χ3v) is 4.99. The lowest BCUT2D eigenvalue weighted by Crippen LogP contribution is -2.37. The van der Waals surface area contributed by atoms with Crippen LogP contribution >= 0.6 is 0 Å². The van der Waals surface area contributed by atoms with Gasteiger partial charge in [-0.15, -0.1) is 0 Å². The van der Waals surface area contributed by atoms with Crippen LogP contribution in [0.3, 0.4) is 0 Å². The molecule has 0 heterocycles. The summed E-state index contributed by atoms with van der Waals surface area (Å²) in [6.45, 7) is 9.18. The van der Waals surface area contributed by atoms with Gasteiger partial charge in [-0.2, -0.15) is 0 Å². The van der Waals surface area contributed by atoms with E-state index in [1.165, 1.54) is 0 Å². The Labute approximate surface area is 151 Å². The van der Waals surface area contributed by atoms with Crippen LogP contribution in [0.5, 0.6) is 0 Å². The molecule has 0 radical (unpaired) electrons. The van der Waals surface area contributed by atoms with Gasteiger partial charge in [0, 0.05) is 24.1 Å². The average molecular weight is 344 g/mol. The number of rotatable bonds is 6. The first-order valence-corrected chi connectivity index (χ1v) is 9.56. The molecule has 1 aliphatic rings. The molecule has 0 atom stereocenters. The summed E-state index contributed by atoms with van der Waals surface area (Å²) < 4.78 is 0. The number of amides is 2. The van der Waals surface area contributed by atoms with E-state index in [0.29, 0.717) is 11.8 Å². The molecule has 25 heavy (non-hydrogen) atoms. The summed E-state index contributed by atoms with van der Waals surface area (Å²) in [5.74, 6) is 1.15. The summed E-state index contributed by atoms with van der Waals surface area (Å²) in [6.07, 6.45) is 3.17. The zero-order valence-electron chi connectivity index (χ0n) is 16.0. The van der Waals surface area contributed by atoms with Gasteiger partial charge in [0.2, 0.25) is 11.8 Å². The fourth-order valence-corrected chi connectivity index (χ4v) is 3.42. The fraction of sp³-hybridized carbons (Fsp3) is 0.619. The lowest BCUT2D eigenvalue weighted by molar-refractivity contribution is -0.128. The first-order chi connectivity index (χ1) is 11.9. The van der Waals surface area contributed by atoms with Gasteiger partial charge in [0.15, 0.2) is 0 Å². The molecule has 0 unspecified atom stereocenters. The number of para-hydroxylation sites is 1. The van der Waals surface area contributed by atoms with Gasteiger partial charge < -0.3 is 10.6 Å². The molecule has 4 nitrogen and oxygen atoms in total. The molecule has 4 heteroatoms. The number of benzene rings is 1. The van der Waals surface area contributed by atoms with Crippen LogP contribution < -0.4 is 10.6 Å². The first-order valence-electron chi connectivity index (χ1n) is 9.56. The zero-order chi connectivity index (χ0) is 18.4. The predicted octanol–water partition coefficient (Wildman–Crippen LogP) is 4.33. The normalized spacial score (nSPS) is 20.6. The number of hydrogen-bond acceptors (Lipinski definition) is 2. The van der Waals surface area contributed by atoms with Gasteiger partial charge in [-0.3, -0.25) is 9.59 Å². The Morgan fingerprint density at radius 1 is 0.960 bits per heavy atom. The summed E-state index contributed by atoms with van der Waals surface area (Å²) in [7, 11) is 0. The average Bonchev–Trinajstić information content (AvgIpc) is 2.60. The Bertz CT molecular complexity index is 587. The highest BCUT2D eigenvalue weighted by Gasteiger charge is 2.30. The molecule has 2 N–H and O–H groups in total. The molecule has 2 amide bonds. The first kappa shape index (κ1) is 19.5. The maximum Gasteiger partial charge on any atom is 0.227 e. The highest BCUT2D eigenvalue weighted by Crippen LogP contribution is 2.31. The summed E-state index contributed by atoms with van der Waals surface area (Å²) in [6, 6.07) is 8.00. The van der Waals surface area contributed by atoms with Crippen molar-refractivity contribution >= 4 is 17.5 Å². The van der Waals surface area contributed by atoms with Crippen LogP contribution in [0.25, 0.3) is 0 Å². The van der Waals surface area contributed by atoms with Gasteiger partial charge in [0.25, 0.3) is 0 Å². The molecule has 138 valence electrons. The third-order valence-electron chi connectivity index (χ3n) is 4.99. The smallest absolute Gasteiger partial charge is 0.227 e. The van der Waals surface area contributed by atoms with Crippen molar-refractivity contribution in [3.8, 4) is 0 Å². The molecule has 0 bridgehead atoms. The van der Waals surface area contributed by atoms with Crippen LogP contribution in [0.2, 0.25) is 0 Å². The maximum atomic E-state index is 12.6. The SMILES string of the molecule is CC(C)CNC(=O)C1CCC(C(=O)Nc2ccccc2C(C)C)CC1. The predicted molar refractivity (Wildman–Crippen MR) is 102 cm³/mol. The van der Waals surface area contributed by atoms with Crippen LogP contribution in [0.1, 0.15) is 64.9 Å². The number of anilines is 1. The lowest BCUT2D eigenvalue weighted by Gasteiger charge is -2.27. The van der Waals surface area contributed by atoms with Crippen LogP contribution in [-0.2, 0) is 9.59 Å². The van der Waals surface area contributed by atoms with E-state index in [4.69, 9.17) is 0 Å². The van der Waals surface area contributed by atoms with Gasteiger partial charge in [0.1, 0.15) is 0 Å². The number of carbonyl (C=O) groups is 2. The van der Waals surface area contributed by atoms with Gasteiger partial charge in [-0.25, -0.2) is 0 Å². The molecule has 1 aromatic rings. The van der Waals surface area contributed by atoms with Gasteiger partial charge in [0.05, 0.1) is 0 Å². The van der Waals surface area contributed by atoms with E-state index in [-0.39, 0.29) is 23.7 Å². The van der Waals surface area contributed by atoms with Crippen molar-refractivity contribution < 1.29 is 9.59 Å². The molecule has 0 aromatic heterocycles. The van der Waals surface area contributed by atoms with E-state index < -0.39 is 0 Å². The number of carbonyl (C=O) groups excluding carboxylic acids is 2. The van der Waals surface area contributed by atoms with E-state index in [1.807, 2.05) is 18.2 Å². The topological polar surface area (TPSA) is 58.2 Å². The van der Waals surface area contributed by atoms with Crippen molar-refractivity contribution in [3.63, 3.8) is 0 Å². The van der Waals surface area contributed by atoms with Crippen LogP contribution in [0, 0.1) is 17.8 Å². The Hall–Kier alpha value is -1.84. The standard InChI is InChI=1S/C21H32N2O2/c1-14(2)13-22-20(24)16-9-11-17(12-10-16)21(25)23-19-8-6-5-7-18(19)15(3)4/h5-8,14-17H,9-13H2,1-4H3,(H,22,24)(H,23,25). The Balaban J connectivity index is 1.86. The third kappa shape index (κ3) is 5.58. The summed E-state index contributed by atoms with van der Waals surface area (Å²) in [4.78, 5) is 24.8. The highest BCUT2D eigenvalue weighted by atomic mass is 16.2. The van der Waals surface area contributed by atoms with E-state index in [2.05, 4.69) is 44.4 Å². The largest absolute Gasteiger partial charge is 0.356 e. The van der Waals surface area contributed by atoms with Gasteiger partial charge >= 0.3 is 0 Å². The molecule has 0 aliphatic heterocycles. The van der Waals surface area contributed by atoms with Crippen LogP contribution in [-0.4, -0.2) is 18.4 Å². The quantitative estimate of drug-likeness (QED) is 0.807. The summed E-state index contributed by atoms with van der Waals surface area (Å²) in [5, 5.41) is 6.12. The molecular weight excluding hydrogens is 312 g/mol. The van der Waals surface area contributed by atoms with E-state index in [1.54, 1.807) is 0 Å². The minimum Gasteiger partial charge on any atom is -0.356 e. The van der Waals surface area contributed by atoms with Gasteiger partial charge in [-0.1, -0.05) is 45.9 Å². The van der Waals surface area contributed by atoms with E-state index in [0.717, 1.165) is 43.5 Å². The fourth-order valence-electron chi connectivity index (χ4n) is 3.42. The monoisotopic (exact) mass is 344 g/mol. The number of nitrogens with one attached hydrogen (secondary N) is 2.